The van der Waals surface area contributed by atoms with E-state index in [0.29, 0.717) is 28.5 Å². The van der Waals surface area contributed by atoms with Crippen LogP contribution in [0.15, 0.2) is 94.4 Å². The topological polar surface area (TPSA) is 128 Å². The fraction of sp³-hybridized carbons (Fsp3) is 0.152. The summed E-state index contributed by atoms with van der Waals surface area (Å²) in [5.41, 5.74) is 3.63. The van der Waals surface area contributed by atoms with Gasteiger partial charge in [0.05, 0.1) is 34.4 Å². The number of aromatic nitrogens is 4. The van der Waals surface area contributed by atoms with Crippen molar-refractivity contribution in [3.8, 4) is 0 Å². The van der Waals surface area contributed by atoms with Crippen LogP contribution in [0.25, 0.3) is 21.0 Å². The van der Waals surface area contributed by atoms with Gasteiger partial charge < -0.3 is 19.9 Å². The summed E-state index contributed by atoms with van der Waals surface area (Å²) in [6.45, 7) is 0. The molecule has 2 heterocycles. The zero-order valence-electron chi connectivity index (χ0n) is 24.9. The number of carbonyl (C=O) groups excluding carboxylic acids is 3. The third kappa shape index (κ3) is 7.39. The van der Waals surface area contributed by atoms with Gasteiger partial charge in [-0.1, -0.05) is 66.0 Å². The number of nitrogens with zero attached hydrogens (tertiary/aromatic N) is 4. The molecule has 6 aromatic rings. The van der Waals surface area contributed by atoms with Gasteiger partial charge in [-0.05, 0) is 58.8 Å². The van der Waals surface area contributed by atoms with Crippen LogP contribution in [0.5, 0.6) is 0 Å². The van der Waals surface area contributed by atoms with Crippen molar-refractivity contribution in [2.45, 2.75) is 15.9 Å². The highest BCUT2D eigenvalue weighted by atomic mass is 32.2. The van der Waals surface area contributed by atoms with Crippen molar-refractivity contribution in [3.63, 3.8) is 0 Å². The van der Waals surface area contributed by atoms with E-state index >= 15 is 0 Å². The van der Waals surface area contributed by atoms with Crippen LogP contribution in [0.2, 0.25) is 0 Å². The van der Waals surface area contributed by atoms with Crippen LogP contribution in [-0.2, 0) is 27.8 Å². The molecule has 2 aromatic heterocycles. The van der Waals surface area contributed by atoms with E-state index < -0.39 is 5.97 Å². The predicted octanol–water partition coefficient (Wildman–Crippen LogP) is 6.42. The molecule has 0 spiro atoms. The molecule has 2 amide bonds. The van der Waals surface area contributed by atoms with Gasteiger partial charge in [-0.3, -0.25) is 9.59 Å². The molecule has 46 heavy (non-hydrogen) atoms. The number of benzene rings is 4. The first-order valence-electron chi connectivity index (χ1n) is 14.2. The Balaban J connectivity index is 1.00. The Kier molecular flexibility index (Phi) is 9.62. The van der Waals surface area contributed by atoms with Crippen molar-refractivity contribution in [1.82, 2.24) is 19.7 Å². The maximum atomic E-state index is 12.8. The minimum atomic E-state index is -0.435. The van der Waals surface area contributed by atoms with Gasteiger partial charge in [0.2, 0.25) is 11.8 Å². The Labute approximate surface area is 277 Å². The smallest absolute Gasteiger partial charge is 0.337 e. The molecule has 13 heteroatoms. The number of rotatable bonds is 11. The second kappa shape index (κ2) is 14.1. The first-order valence-corrected chi connectivity index (χ1v) is 16.9. The molecule has 0 saturated heterocycles. The van der Waals surface area contributed by atoms with Crippen LogP contribution in [-0.4, -0.2) is 56.1 Å². The molecule has 0 saturated carbocycles. The quantitative estimate of drug-likeness (QED) is 0.119. The summed E-state index contributed by atoms with van der Waals surface area (Å²) >= 11 is 4.12. The van der Waals surface area contributed by atoms with Crippen LogP contribution in [0.3, 0.4) is 0 Å². The molecule has 10 nitrogen and oxygen atoms in total. The number of carbonyl (C=O) groups is 3. The van der Waals surface area contributed by atoms with Gasteiger partial charge in [-0.25, -0.2) is 9.78 Å². The predicted molar refractivity (Wildman–Crippen MR) is 184 cm³/mol. The molecule has 0 atom stereocenters. The number of hydrogen-bond donors (Lipinski definition) is 2. The summed E-state index contributed by atoms with van der Waals surface area (Å²) in [4.78, 5) is 41.4. The molecule has 0 bridgehead atoms. The summed E-state index contributed by atoms with van der Waals surface area (Å²) in [6, 6.07) is 26.6. The van der Waals surface area contributed by atoms with Gasteiger partial charge >= 0.3 is 5.97 Å². The number of nitrogens with one attached hydrogen (secondary N) is 2. The normalized spacial score (nSPS) is 11.1. The summed E-state index contributed by atoms with van der Waals surface area (Å²) in [5.74, 6) is 0.404. The largest absolute Gasteiger partial charge is 0.465 e. The Morgan fingerprint density at radius 3 is 2.37 bits per heavy atom. The van der Waals surface area contributed by atoms with E-state index in [1.807, 2.05) is 48.0 Å². The van der Waals surface area contributed by atoms with E-state index in [2.05, 4.69) is 50.1 Å². The maximum absolute atomic E-state index is 12.8. The van der Waals surface area contributed by atoms with Crippen molar-refractivity contribution in [2.24, 2.45) is 7.05 Å². The van der Waals surface area contributed by atoms with Crippen molar-refractivity contribution < 1.29 is 19.1 Å². The van der Waals surface area contributed by atoms with Crippen molar-refractivity contribution in [2.75, 3.05) is 29.2 Å². The number of fused-ring (bicyclic) bond motifs is 2. The summed E-state index contributed by atoms with van der Waals surface area (Å²) in [6.07, 6.45) is 0.643. The fourth-order valence-electron chi connectivity index (χ4n) is 4.74. The van der Waals surface area contributed by atoms with E-state index in [9.17, 15) is 14.4 Å². The average molecular weight is 669 g/mol. The Bertz CT molecular complexity index is 2050. The Morgan fingerprint density at radius 1 is 0.848 bits per heavy atom. The van der Waals surface area contributed by atoms with Crippen LogP contribution < -0.4 is 10.6 Å². The standard InChI is InChI=1S/C33H28N6O4S3/c1-39-28(16-22-8-5-7-20-6-3-4-9-25(20)22)37-38-32(39)44-18-29(40)35-24-14-15-26-27(17-24)46-33(36-26)45-19-30(41)34-23-12-10-21(11-13-23)31(42)43-2/h3-15,17H,16,18-19H2,1-2H3,(H,34,41)(H,35,40). The lowest BCUT2D eigenvalue weighted by Crippen LogP contribution is -2.14. The van der Waals surface area contributed by atoms with Crippen LogP contribution >= 0.6 is 34.9 Å². The van der Waals surface area contributed by atoms with E-state index in [4.69, 9.17) is 4.74 Å². The minimum Gasteiger partial charge on any atom is -0.465 e. The first-order chi connectivity index (χ1) is 22.4. The van der Waals surface area contributed by atoms with Crippen molar-refractivity contribution in [1.29, 1.82) is 0 Å². The summed E-state index contributed by atoms with van der Waals surface area (Å²) in [5, 5.41) is 17.5. The minimum absolute atomic E-state index is 0.154. The van der Waals surface area contributed by atoms with E-state index in [0.717, 1.165) is 20.4 Å². The number of anilines is 2. The SMILES string of the molecule is COC(=O)c1ccc(NC(=O)CSc2nc3ccc(NC(=O)CSc4nnc(Cc5cccc6ccccc56)n4C)cc3s2)cc1. The van der Waals surface area contributed by atoms with Crippen LogP contribution in [0.1, 0.15) is 21.7 Å². The number of methoxy groups -OCH3 is 1. The number of esters is 1. The van der Waals surface area contributed by atoms with Crippen LogP contribution in [0.4, 0.5) is 11.4 Å². The van der Waals surface area contributed by atoms with Gasteiger partial charge in [0.1, 0.15) is 5.82 Å². The van der Waals surface area contributed by atoms with E-state index in [1.54, 1.807) is 24.3 Å². The van der Waals surface area contributed by atoms with Crippen LogP contribution in [0, 0.1) is 0 Å². The second-order valence-corrected chi connectivity index (χ2v) is 13.4. The van der Waals surface area contributed by atoms with Gasteiger partial charge in [0, 0.05) is 24.8 Å². The second-order valence-electron chi connectivity index (χ2n) is 10.2. The molecule has 4 aromatic carbocycles. The summed E-state index contributed by atoms with van der Waals surface area (Å²) < 4.78 is 8.27. The van der Waals surface area contributed by atoms with Crippen molar-refractivity contribution >= 4 is 85.0 Å². The highest BCUT2D eigenvalue weighted by molar-refractivity contribution is 8.01. The Hall–Kier alpha value is -4.72. The zero-order chi connectivity index (χ0) is 32.0. The van der Waals surface area contributed by atoms with Gasteiger partial charge in [-0.15, -0.1) is 21.5 Å². The number of thiazole rings is 1. The molecule has 0 aliphatic rings. The maximum Gasteiger partial charge on any atom is 0.337 e. The molecule has 2 N–H and O–H groups in total. The van der Waals surface area contributed by atoms with Crippen molar-refractivity contribution in [3.05, 3.63) is 102 Å². The molecule has 0 aliphatic carbocycles. The third-order valence-corrected chi connectivity index (χ3v) is 10.2. The molecule has 0 fully saturated rings. The zero-order valence-corrected chi connectivity index (χ0v) is 27.3. The summed E-state index contributed by atoms with van der Waals surface area (Å²) in [7, 11) is 3.24. The lowest BCUT2D eigenvalue weighted by Gasteiger charge is -2.07. The van der Waals surface area contributed by atoms with Gasteiger partial charge in [-0.2, -0.15) is 0 Å². The highest BCUT2D eigenvalue weighted by Crippen LogP contribution is 2.31. The molecular formula is C33H28N6O4S3. The third-order valence-electron chi connectivity index (χ3n) is 7.06. The number of thioether (sulfide) groups is 2. The van der Waals surface area contributed by atoms with E-state index in [-0.39, 0.29) is 23.3 Å². The molecule has 0 radical (unpaired) electrons. The monoisotopic (exact) mass is 668 g/mol. The molecule has 6 rings (SSSR count). The average Bonchev–Trinajstić information content (AvgIpc) is 3.64. The van der Waals surface area contributed by atoms with E-state index in [1.165, 1.54) is 58.3 Å². The lowest BCUT2D eigenvalue weighted by molar-refractivity contribution is -0.114. The number of hydrogen-bond acceptors (Lipinski definition) is 10. The molecule has 232 valence electrons. The lowest BCUT2D eigenvalue weighted by atomic mass is 10.0. The van der Waals surface area contributed by atoms with Gasteiger partial charge in [0.15, 0.2) is 9.50 Å². The highest BCUT2D eigenvalue weighted by Gasteiger charge is 2.15. The Morgan fingerprint density at radius 2 is 1.57 bits per heavy atom. The number of ether oxygens (including phenoxy) is 1. The number of amides is 2. The first kappa shape index (κ1) is 31.3. The van der Waals surface area contributed by atoms with Gasteiger partial charge in [0.25, 0.3) is 0 Å². The molecule has 0 aliphatic heterocycles. The molecular weight excluding hydrogens is 641 g/mol. The molecule has 0 unspecified atom stereocenters. The fourth-order valence-corrected chi connectivity index (χ4v) is 7.38.